The van der Waals surface area contributed by atoms with Crippen molar-refractivity contribution in [2.24, 2.45) is 0 Å². The first kappa shape index (κ1) is 13.1. The van der Waals surface area contributed by atoms with Gasteiger partial charge in [0.25, 0.3) is 0 Å². The average molecular weight is 261 g/mol. The number of hydrogen-bond donors (Lipinski definition) is 1. The summed E-state index contributed by atoms with van der Waals surface area (Å²) in [6.45, 7) is 3.85. The maximum Gasteiger partial charge on any atom is 0.352 e. The molecule has 0 fully saturated rings. The smallest absolute Gasteiger partial charge is 0.352 e. The Balaban J connectivity index is 3.01. The Hall–Kier alpha value is -2.30. The first-order valence-electron chi connectivity index (χ1n) is 5.95. The Morgan fingerprint density at radius 3 is 2.63 bits per heavy atom. The zero-order valence-electron chi connectivity index (χ0n) is 11.1. The van der Waals surface area contributed by atoms with Crippen LogP contribution in [-0.4, -0.2) is 22.8 Å². The fraction of sp³-hybridized carbons (Fsp3) is 0.286. The molecule has 19 heavy (non-hydrogen) atoms. The number of benzene rings is 1. The molecule has 5 nitrogen and oxygen atoms in total. The van der Waals surface area contributed by atoms with Gasteiger partial charge in [-0.25, -0.2) is 4.79 Å². The molecule has 1 N–H and O–H groups in total. The molecule has 2 aromatic rings. The van der Waals surface area contributed by atoms with Crippen molar-refractivity contribution in [3.63, 3.8) is 0 Å². The summed E-state index contributed by atoms with van der Waals surface area (Å²) >= 11 is 0. The van der Waals surface area contributed by atoms with Crippen LogP contribution in [-0.2, 0) is 6.54 Å². The molecule has 0 unspecified atom stereocenters. The van der Waals surface area contributed by atoms with Gasteiger partial charge in [0.05, 0.1) is 12.6 Å². The summed E-state index contributed by atoms with van der Waals surface area (Å²) < 4.78 is 6.75. The molecular formula is C14H15NO4. The fourth-order valence-corrected chi connectivity index (χ4v) is 2.29. The molecule has 0 spiro atoms. The predicted octanol–water partition coefficient (Wildman–Crippen LogP) is 2.04. The summed E-state index contributed by atoms with van der Waals surface area (Å²) in [7, 11) is 1.53. The minimum Gasteiger partial charge on any atom is -0.497 e. The van der Waals surface area contributed by atoms with Crippen LogP contribution in [0, 0.1) is 6.92 Å². The molecule has 100 valence electrons. The van der Waals surface area contributed by atoms with Crippen molar-refractivity contribution >= 4 is 16.9 Å². The van der Waals surface area contributed by atoms with Gasteiger partial charge in [0, 0.05) is 23.6 Å². The van der Waals surface area contributed by atoms with E-state index in [0.717, 1.165) is 0 Å². The lowest BCUT2D eigenvalue weighted by molar-refractivity contribution is 0.0684. The summed E-state index contributed by atoms with van der Waals surface area (Å²) in [6, 6.07) is 5.05. The molecule has 0 radical (unpaired) electrons. The van der Waals surface area contributed by atoms with Gasteiger partial charge in [-0.05, 0) is 26.0 Å². The Morgan fingerprint density at radius 2 is 2.11 bits per heavy atom. The van der Waals surface area contributed by atoms with Crippen LogP contribution >= 0.6 is 0 Å². The van der Waals surface area contributed by atoms with Gasteiger partial charge in [-0.15, -0.1) is 0 Å². The number of aromatic nitrogens is 1. The van der Waals surface area contributed by atoms with Crippen molar-refractivity contribution < 1.29 is 14.6 Å². The summed E-state index contributed by atoms with van der Waals surface area (Å²) in [4.78, 5) is 23.6. The highest BCUT2D eigenvalue weighted by molar-refractivity contribution is 5.92. The number of fused-ring (bicyclic) bond motifs is 1. The van der Waals surface area contributed by atoms with Gasteiger partial charge in [-0.1, -0.05) is 0 Å². The van der Waals surface area contributed by atoms with Crippen molar-refractivity contribution in [3.8, 4) is 5.75 Å². The quantitative estimate of drug-likeness (QED) is 0.918. The predicted molar refractivity (Wildman–Crippen MR) is 72.1 cm³/mol. The van der Waals surface area contributed by atoms with Crippen LogP contribution in [0.2, 0.25) is 0 Å². The minimum atomic E-state index is -1.10. The highest BCUT2D eigenvalue weighted by Gasteiger charge is 2.18. The molecule has 1 aromatic carbocycles. The summed E-state index contributed by atoms with van der Waals surface area (Å²) in [5.41, 5.74) is 0.620. The van der Waals surface area contributed by atoms with Crippen LogP contribution in [0.5, 0.6) is 5.75 Å². The lowest BCUT2D eigenvalue weighted by Gasteiger charge is -2.15. The number of aryl methyl sites for hydroxylation is 1. The maximum atomic E-state index is 12.2. The van der Waals surface area contributed by atoms with Gasteiger partial charge in [0.2, 0.25) is 0 Å². The third-order valence-corrected chi connectivity index (χ3v) is 3.22. The molecule has 0 atom stereocenters. The molecule has 0 saturated heterocycles. The standard InChI is InChI=1S/C14H15NO4/c1-4-15-11-7-9(19-3)5-6-10(11)13(16)8(2)12(15)14(17)18/h5-7H,4H2,1-3H3,(H,17,18). The van der Waals surface area contributed by atoms with Crippen LogP contribution in [0.1, 0.15) is 23.0 Å². The lowest BCUT2D eigenvalue weighted by atomic mass is 10.1. The second kappa shape index (κ2) is 4.76. The SMILES string of the molecule is CCn1c(C(=O)O)c(C)c(=O)c2ccc(OC)cc21. The van der Waals surface area contributed by atoms with E-state index in [0.29, 0.717) is 23.2 Å². The highest BCUT2D eigenvalue weighted by Crippen LogP contribution is 2.21. The number of carboxylic acid groups (broad SMARTS) is 1. The van der Waals surface area contributed by atoms with Crippen LogP contribution < -0.4 is 10.2 Å². The van der Waals surface area contributed by atoms with E-state index in [-0.39, 0.29) is 16.7 Å². The van der Waals surface area contributed by atoms with Crippen molar-refractivity contribution in [1.82, 2.24) is 4.57 Å². The summed E-state index contributed by atoms with van der Waals surface area (Å²) in [5.74, 6) is -0.504. The number of nitrogens with zero attached hydrogens (tertiary/aromatic N) is 1. The molecule has 0 aliphatic carbocycles. The van der Waals surface area contributed by atoms with Gasteiger partial charge in [-0.2, -0.15) is 0 Å². The van der Waals surface area contributed by atoms with Crippen molar-refractivity contribution in [1.29, 1.82) is 0 Å². The number of carbonyl (C=O) groups is 1. The van der Waals surface area contributed by atoms with Crippen LogP contribution in [0.15, 0.2) is 23.0 Å². The van der Waals surface area contributed by atoms with E-state index in [1.807, 2.05) is 6.92 Å². The number of carboxylic acids is 1. The molecule has 0 bridgehead atoms. The number of ether oxygens (including phenoxy) is 1. The van der Waals surface area contributed by atoms with Gasteiger partial charge in [0.15, 0.2) is 5.43 Å². The molecule has 0 aliphatic rings. The monoisotopic (exact) mass is 261 g/mol. The van der Waals surface area contributed by atoms with Crippen LogP contribution in [0.25, 0.3) is 10.9 Å². The topological polar surface area (TPSA) is 68.5 Å². The summed E-state index contributed by atoms with van der Waals surface area (Å²) in [6.07, 6.45) is 0. The van der Waals surface area contributed by atoms with Crippen molar-refractivity contribution in [2.75, 3.05) is 7.11 Å². The van der Waals surface area contributed by atoms with Gasteiger partial charge < -0.3 is 14.4 Å². The third-order valence-electron chi connectivity index (χ3n) is 3.22. The maximum absolute atomic E-state index is 12.2. The second-order valence-corrected chi connectivity index (χ2v) is 4.24. The molecule has 0 aliphatic heterocycles. The van der Waals surface area contributed by atoms with Crippen molar-refractivity contribution in [2.45, 2.75) is 20.4 Å². The lowest BCUT2D eigenvalue weighted by Crippen LogP contribution is -2.21. The second-order valence-electron chi connectivity index (χ2n) is 4.24. The van der Waals surface area contributed by atoms with Crippen molar-refractivity contribution in [3.05, 3.63) is 39.7 Å². The normalized spacial score (nSPS) is 10.7. The molecule has 1 heterocycles. The molecule has 0 saturated carbocycles. The Kier molecular flexibility index (Phi) is 3.29. The van der Waals surface area contributed by atoms with Gasteiger partial charge >= 0.3 is 5.97 Å². The van der Waals surface area contributed by atoms with E-state index in [9.17, 15) is 14.7 Å². The number of aromatic carboxylic acids is 1. The number of hydrogen-bond acceptors (Lipinski definition) is 3. The molecule has 0 amide bonds. The zero-order chi connectivity index (χ0) is 14.2. The van der Waals surface area contributed by atoms with Crippen LogP contribution in [0.3, 0.4) is 0 Å². The zero-order valence-corrected chi connectivity index (χ0v) is 11.1. The fourth-order valence-electron chi connectivity index (χ4n) is 2.29. The minimum absolute atomic E-state index is 0.0354. The Labute approximate surface area is 110 Å². The first-order chi connectivity index (χ1) is 9.01. The van der Waals surface area contributed by atoms with Gasteiger partial charge in [0.1, 0.15) is 11.4 Å². The molecule has 5 heteroatoms. The van der Waals surface area contributed by atoms with E-state index in [1.54, 1.807) is 29.7 Å². The number of methoxy groups -OCH3 is 1. The molecular weight excluding hydrogens is 246 g/mol. The number of rotatable bonds is 3. The first-order valence-corrected chi connectivity index (χ1v) is 5.95. The Morgan fingerprint density at radius 1 is 1.42 bits per heavy atom. The van der Waals surface area contributed by atoms with E-state index in [1.165, 1.54) is 7.11 Å². The highest BCUT2D eigenvalue weighted by atomic mass is 16.5. The molecule has 2 rings (SSSR count). The largest absolute Gasteiger partial charge is 0.497 e. The van der Waals surface area contributed by atoms with Gasteiger partial charge in [-0.3, -0.25) is 4.79 Å². The van der Waals surface area contributed by atoms with E-state index in [2.05, 4.69) is 0 Å². The van der Waals surface area contributed by atoms with E-state index < -0.39 is 5.97 Å². The summed E-state index contributed by atoms with van der Waals surface area (Å²) in [5, 5.41) is 9.80. The third kappa shape index (κ3) is 1.97. The van der Waals surface area contributed by atoms with Crippen LogP contribution in [0.4, 0.5) is 0 Å². The van der Waals surface area contributed by atoms with E-state index in [4.69, 9.17) is 4.74 Å². The number of pyridine rings is 1. The Bertz CT molecular complexity index is 715. The average Bonchev–Trinajstić information content (AvgIpc) is 2.41. The molecule has 1 aromatic heterocycles. The van der Waals surface area contributed by atoms with E-state index >= 15 is 0 Å².